The fraction of sp³-hybridized carbons (Fsp3) is 0.0714. The molecule has 0 unspecified atom stereocenters. The molecule has 21 heavy (non-hydrogen) atoms. The van der Waals surface area contributed by atoms with E-state index in [0.717, 1.165) is 11.1 Å². The maximum atomic E-state index is 5.98. The number of nitrogens with zero attached hydrogens (tertiary/aromatic N) is 3. The molecule has 0 radical (unpaired) electrons. The lowest BCUT2D eigenvalue weighted by molar-refractivity contribution is 0.385. The average Bonchev–Trinajstić information content (AvgIpc) is 2.92. The van der Waals surface area contributed by atoms with Crippen molar-refractivity contribution in [3.63, 3.8) is 0 Å². The lowest BCUT2D eigenvalue weighted by Gasteiger charge is -1.99. The normalized spacial score (nSPS) is 10.8. The van der Waals surface area contributed by atoms with Crippen LogP contribution in [0, 0.1) is 0 Å². The first-order chi connectivity index (χ1) is 10.1. The van der Waals surface area contributed by atoms with Gasteiger partial charge in [-0.3, -0.25) is 0 Å². The third kappa shape index (κ3) is 3.15. The van der Waals surface area contributed by atoms with E-state index in [-0.39, 0.29) is 0 Å². The van der Waals surface area contributed by atoms with Crippen LogP contribution in [0.1, 0.15) is 11.5 Å². The first-order valence-electron chi connectivity index (χ1n) is 6.10. The number of nitrogens with two attached hydrogens (primary N) is 1. The molecule has 0 saturated heterocycles. The predicted octanol–water partition coefficient (Wildman–Crippen LogP) is 3.61. The SMILES string of the molecule is Nc1ccc(-c2noc(Cc3ccc(Cl)c(Cl)c3)n2)cn1. The molecule has 0 fully saturated rings. The summed E-state index contributed by atoms with van der Waals surface area (Å²) in [4.78, 5) is 8.32. The molecule has 2 heterocycles. The van der Waals surface area contributed by atoms with E-state index in [2.05, 4.69) is 15.1 Å². The minimum Gasteiger partial charge on any atom is -0.384 e. The molecule has 2 aromatic heterocycles. The molecule has 0 bridgehead atoms. The minimum atomic E-state index is 0.443. The van der Waals surface area contributed by atoms with Gasteiger partial charge >= 0.3 is 0 Å². The van der Waals surface area contributed by atoms with Crippen molar-refractivity contribution in [2.24, 2.45) is 0 Å². The zero-order chi connectivity index (χ0) is 14.8. The maximum absolute atomic E-state index is 5.98. The number of hydrogen-bond donors (Lipinski definition) is 1. The average molecular weight is 321 g/mol. The molecule has 3 rings (SSSR count). The second kappa shape index (κ2) is 5.71. The summed E-state index contributed by atoms with van der Waals surface area (Å²) in [6.45, 7) is 0. The van der Waals surface area contributed by atoms with Gasteiger partial charge in [-0.1, -0.05) is 34.4 Å². The molecule has 1 aromatic carbocycles. The lowest BCUT2D eigenvalue weighted by Crippen LogP contribution is -1.91. The first kappa shape index (κ1) is 13.9. The Bertz CT molecular complexity index is 771. The van der Waals surface area contributed by atoms with Gasteiger partial charge in [-0.25, -0.2) is 4.98 Å². The van der Waals surface area contributed by atoms with E-state index in [9.17, 15) is 0 Å². The van der Waals surface area contributed by atoms with E-state index in [4.69, 9.17) is 33.5 Å². The van der Waals surface area contributed by atoms with Crippen LogP contribution in [-0.4, -0.2) is 15.1 Å². The summed E-state index contributed by atoms with van der Waals surface area (Å²) in [5.74, 6) is 1.40. The van der Waals surface area contributed by atoms with Gasteiger partial charge in [-0.15, -0.1) is 0 Å². The van der Waals surface area contributed by atoms with Crippen LogP contribution in [0.25, 0.3) is 11.4 Å². The predicted molar refractivity (Wildman–Crippen MR) is 81.2 cm³/mol. The van der Waals surface area contributed by atoms with Crippen LogP contribution in [0.2, 0.25) is 10.0 Å². The molecule has 7 heteroatoms. The van der Waals surface area contributed by atoms with Gasteiger partial charge in [-0.2, -0.15) is 4.98 Å². The highest BCUT2D eigenvalue weighted by Gasteiger charge is 2.10. The number of benzene rings is 1. The van der Waals surface area contributed by atoms with Crippen LogP contribution in [0.5, 0.6) is 0 Å². The van der Waals surface area contributed by atoms with Crippen LogP contribution in [-0.2, 0) is 6.42 Å². The number of hydrogen-bond acceptors (Lipinski definition) is 5. The Morgan fingerprint density at radius 1 is 1.10 bits per heavy atom. The van der Waals surface area contributed by atoms with Crippen molar-refractivity contribution in [2.75, 3.05) is 5.73 Å². The zero-order valence-electron chi connectivity index (χ0n) is 10.8. The highest BCUT2D eigenvalue weighted by molar-refractivity contribution is 6.42. The van der Waals surface area contributed by atoms with Crippen molar-refractivity contribution in [3.05, 3.63) is 58.0 Å². The number of anilines is 1. The number of aromatic nitrogens is 3. The number of rotatable bonds is 3. The summed E-state index contributed by atoms with van der Waals surface area (Å²) in [5, 5.41) is 4.94. The van der Waals surface area contributed by atoms with E-state index in [1.807, 2.05) is 6.07 Å². The third-order valence-electron chi connectivity index (χ3n) is 2.85. The van der Waals surface area contributed by atoms with Crippen molar-refractivity contribution < 1.29 is 4.52 Å². The van der Waals surface area contributed by atoms with Crippen LogP contribution in [0.4, 0.5) is 5.82 Å². The highest BCUT2D eigenvalue weighted by atomic mass is 35.5. The van der Waals surface area contributed by atoms with E-state index >= 15 is 0 Å². The van der Waals surface area contributed by atoms with Gasteiger partial charge in [-0.05, 0) is 29.8 Å². The smallest absolute Gasteiger partial charge is 0.231 e. The molecular weight excluding hydrogens is 311 g/mol. The Kier molecular flexibility index (Phi) is 3.77. The van der Waals surface area contributed by atoms with Gasteiger partial charge in [0.2, 0.25) is 11.7 Å². The number of halogens is 2. The van der Waals surface area contributed by atoms with E-state index in [0.29, 0.717) is 34.0 Å². The third-order valence-corrected chi connectivity index (χ3v) is 3.59. The van der Waals surface area contributed by atoms with Crippen molar-refractivity contribution in [3.8, 4) is 11.4 Å². The zero-order valence-corrected chi connectivity index (χ0v) is 12.3. The first-order valence-corrected chi connectivity index (χ1v) is 6.86. The van der Waals surface area contributed by atoms with Crippen LogP contribution >= 0.6 is 23.2 Å². The van der Waals surface area contributed by atoms with Crippen LogP contribution in [0.15, 0.2) is 41.1 Å². The van der Waals surface area contributed by atoms with Crippen molar-refractivity contribution in [2.45, 2.75) is 6.42 Å². The Labute approximate surface area is 130 Å². The van der Waals surface area contributed by atoms with Crippen molar-refractivity contribution in [1.29, 1.82) is 0 Å². The van der Waals surface area contributed by atoms with Gasteiger partial charge in [0, 0.05) is 11.8 Å². The summed E-state index contributed by atoms with van der Waals surface area (Å²) in [5.41, 5.74) is 7.22. The van der Waals surface area contributed by atoms with Crippen LogP contribution in [0.3, 0.4) is 0 Å². The molecule has 0 aliphatic rings. The Morgan fingerprint density at radius 3 is 2.67 bits per heavy atom. The molecule has 0 atom stereocenters. The summed E-state index contributed by atoms with van der Waals surface area (Å²) >= 11 is 11.9. The van der Waals surface area contributed by atoms with Gasteiger partial charge in [0.15, 0.2) is 0 Å². The quantitative estimate of drug-likeness (QED) is 0.797. The largest absolute Gasteiger partial charge is 0.384 e. The summed E-state index contributed by atoms with van der Waals surface area (Å²) < 4.78 is 5.23. The second-order valence-corrected chi connectivity index (χ2v) is 5.22. The Hall–Kier alpha value is -2.11. The van der Waals surface area contributed by atoms with E-state index in [1.165, 1.54) is 0 Å². The minimum absolute atomic E-state index is 0.443. The van der Waals surface area contributed by atoms with Gasteiger partial charge in [0.1, 0.15) is 5.82 Å². The Morgan fingerprint density at radius 2 is 1.95 bits per heavy atom. The molecule has 2 N–H and O–H groups in total. The number of nitrogen functional groups attached to an aromatic ring is 1. The van der Waals surface area contributed by atoms with Gasteiger partial charge in [0.05, 0.1) is 16.5 Å². The molecule has 0 aliphatic heterocycles. The molecular formula is C14H10Cl2N4O. The van der Waals surface area contributed by atoms with E-state index in [1.54, 1.807) is 30.5 Å². The number of pyridine rings is 1. The molecule has 5 nitrogen and oxygen atoms in total. The lowest BCUT2D eigenvalue weighted by atomic mass is 10.1. The summed E-state index contributed by atoms with van der Waals surface area (Å²) in [6, 6.07) is 8.85. The van der Waals surface area contributed by atoms with Gasteiger partial charge in [0.25, 0.3) is 0 Å². The van der Waals surface area contributed by atoms with Gasteiger partial charge < -0.3 is 10.3 Å². The summed E-state index contributed by atoms with van der Waals surface area (Å²) in [7, 11) is 0. The topological polar surface area (TPSA) is 77.8 Å². The van der Waals surface area contributed by atoms with Crippen molar-refractivity contribution >= 4 is 29.0 Å². The molecule has 0 aliphatic carbocycles. The maximum Gasteiger partial charge on any atom is 0.231 e. The molecule has 0 amide bonds. The summed E-state index contributed by atoms with van der Waals surface area (Å²) in [6.07, 6.45) is 2.08. The highest BCUT2D eigenvalue weighted by Crippen LogP contribution is 2.24. The van der Waals surface area contributed by atoms with Crippen molar-refractivity contribution in [1.82, 2.24) is 15.1 Å². The molecule has 106 valence electrons. The second-order valence-electron chi connectivity index (χ2n) is 4.41. The fourth-order valence-electron chi connectivity index (χ4n) is 1.81. The van der Waals surface area contributed by atoms with E-state index < -0.39 is 0 Å². The Balaban J connectivity index is 1.81. The fourth-order valence-corrected chi connectivity index (χ4v) is 2.13. The van der Waals surface area contributed by atoms with Crippen LogP contribution < -0.4 is 5.73 Å². The monoisotopic (exact) mass is 320 g/mol. The molecule has 0 saturated carbocycles. The standard InChI is InChI=1S/C14H10Cl2N4O/c15-10-3-1-8(5-11(10)16)6-13-19-14(20-21-13)9-2-4-12(17)18-7-9/h1-5,7H,6H2,(H2,17,18). The molecule has 0 spiro atoms. The molecule has 3 aromatic rings.